The molecule has 0 radical (unpaired) electrons. The van der Waals surface area contributed by atoms with Crippen LogP contribution in [0.5, 0.6) is 5.75 Å². The quantitative estimate of drug-likeness (QED) is 0.776. The molecule has 0 saturated heterocycles. The van der Waals surface area contributed by atoms with Crippen LogP contribution in [0.4, 0.5) is 5.69 Å². The number of hydrogen-bond acceptors (Lipinski definition) is 2. The van der Waals surface area contributed by atoms with E-state index < -0.39 is 0 Å². The molecule has 23 heavy (non-hydrogen) atoms. The van der Waals surface area contributed by atoms with Crippen LogP contribution in [0.15, 0.2) is 54.6 Å². The molecule has 0 bridgehead atoms. The fourth-order valence-electron chi connectivity index (χ4n) is 3.27. The third-order valence-corrected chi connectivity index (χ3v) is 4.55. The van der Waals surface area contributed by atoms with Crippen molar-refractivity contribution in [2.45, 2.75) is 44.6 Å². The van der Waals surface area contributed by atoms with E-state index in [2.05, 4.69) is 35.7 Å². The van der Waals surface area contributed by atoms with E-state index in [1.54, 1.807) is 6.07 Å². The van der Waals surface area contributed by atoms with E-state index in [0.717, 1.165) is 17.7 Å². The average molecular weight is 307 g/mol. The SMILES string of the molecule is Oc1cccc(NC2CCCCC2)c1CC=Cc1ccccc1. The summed E-state index contributed by atoms with van der Waals surface area (Å²) in [4.78, 5) is 0. The van der Waals surface area contributed by atoms with Gasteiger partial charge in [-0.05, 0) is 37.0 Å². The van der Waals surface area contributed by atoms with Crippen molar-refractivity contribution in [3.8, 4) is 5.75 Å². The second kappa shape index (κ2) is 7.87. The van der Waals surface area contributed by atoms with Crippen LogP contribution in [-0.4, -0.2) is 11.1 Å². The number of anilines is 1. The molecule has 0 aliphatic heterocycles. The standard InChI is InChI=1S/C21H25NO/c23-21-16-8-15-20(22-18-12-5-2-6-13-18)19(21)14-7-11-17-9-3-1-4-10-17/h1,3-4,7-11,15-16,18,22-23H,2,5-6,12-14H2. The van der Waals surface area contributed by atoms with Gasteiger partial charge in [0, 0.05) is 17.3 Å². The molecular weight excluding hydrogens is 282 g/mol. The van der Waals surface area contributed by atoms with Crippen LogP contribution < -0.4 is 5.32 Å². The van der Waals surface area contributed by atoms with Gasteiger partial charge in [-0.3, -0.25) is 0 Å². The normalized spacial score (nSPS) is 15.8. The van der Waals surface area contributed by atoms with Crippen molar-refractivity contribution in [3.05, 3.63) is 65.7 Å². The van der Waals surface area contributed by atoms with Gasteiger partial charge in [0.25, 0.3) is 0 Å². The Morgan fingerprint density at radius 2 is 1.74 bits per heavy atom. The highest BCUT2D eigenvalue weighted by molar-refractivity contribution is 5.60. The Morgan fingerprint density at radius 1 is 0.957 bits per heavy atom. The first-order valence-corrected chi connectivity index (χ1v) is 8.62. The van der Waals surface area contributed by atoms with Crippen molar-refractivity contribution in [2.75, 3.05) is 5.32 Å². The Hall–Kier alpha value is -2.22. The maximum Gasteiger partial charge on any atom is 0.121 e. The van der Waals surface area contributed by atoms with Crippen molar-refractivity contribution in [3.63, 3.8) is 0 Å². The van der Waals surface area contributed by atoms with Crippen molar-refractivity contribution in [2.24, 2.45) is 0 Å². The van der Waals surface area contributed by atoms with Gasteiger partial charge in [-0.1, -0.05) is 67.8 Å². The van der Waals surface area contributed by atoms with E-state index in [-0.39, 0.29) is 0 Å². The molecule has 0 aromatic heterocycles. The summed E-state index contributed by atoms with van der Waals surface area (Å²) in [6.45, 7) is 0. The molecule has 0 atom stereocenters. The number of nitrogens with one attached hydrogen (secondary N) is 1. The summed E-state index contributed by atoms with van der Waals surface area (Å²) in [6.07, 6.45) is 11.4. The molecule has 0 amide bonds. The van der Waals surface area contributed by atoms with Gasteiger partial charge in [-0.15, -0.1) is 0 Å². The zero-order valence-corrected chi connectivity index (χ0v) is 13.5. The predicted octanol–water partition coefficient (Wildman–Crippen LogP) is 5.39. The molecule has 1 aliphatic carbocycles. The van der Waals surface area contributed by atoms with Gasteiger partial charge < -0.3 is 10.4 Å². The van der Waals surface area contributed by atoms with Crippen LogP contribution in [0.1, 0.15) is 43.2 Å². The molecule has 1 fully saturated rings. The van der Waals surface area contributed by atoms with E-state index in [4.69, 9.17) is 0 Å². The van der Waals surface area contributed by atoms with Crippen LogP contribution in [0.2, 0.25) is 0 Å². The Morgan fingerprint density at radius 3 is 2.52 bits per heavy atom. The fraction of sp³-hybridized carbons (Fsp3) is 0.333. The molecule has 0 heterocycles. The third-order valence-electron chi connectivity index (χ3n) is 4.55. The summed E-state index contributed by atoms with van der Waals surface area (Å²) in [6, 6.07) is 16.6. The Labute approximate surface area is 138 Å². The maximum absolute atomic E-state index is 10.2. The highest BCUT2D eigenvalue weighted by Gasteiger charge is 2.15. The van der Waals surface area contributed by atoms with Crippen LogP contribution in [0.25, 0.3) is 6.08 Å². The minimum atomic E-state index is 0.378. The van der Waals surface area contributed by atoms with Gasteiger partial charge in [0.1, 0.15) is 5.75 Å². The van der Waals surface area contributed by atoms with E-state index in [1.165, 1.54) is 37.7 Å². The molecular formula is C21H25NO. The van der Waals surface area contributed by atoms with E-state index in [1.807, 2.05) is 24.3 Å². The van der Waals surface area contributed by atoms with Crippen LogP contribution in [0, 0.1) is 0 Å². The fourth-order valence-corrected chi connectivity index (χ4v) is 3.27. The van der Waals surface area contributed by atoms with Gasteiger partial charge in [0.05, 0.1) is 0 Å². The second-order valence-electron chi connectivity index (χ2n) is 6.30. The zero-order valence-electron chi connectivity index (χ0n) is 13.5. The first kappa shape index (κ1) is 15.7. The van der Waals surface area contributed by atoms with Crippen molar-refractivity contribution in [1.82, 2.24) is 0 Å². The number of benzene rings is 2. The van der Waals surface area contributed by atoms with Crippen molar-refractivity contribution < 1.29 is 5.11 Å². The number of phenols is 1. The number of allylic oxidation sites excluding steroid dienone is 1. The molecule has 3 rings (SSSR count). The van der Waals surface area contributed by atoms with Gasteiger partial charge in [0.15, 0.2) is 0 Å². The highest BCUT2D eigenvalue weighted by Crippen LogP contribution is 2.29. The number of rotatable bonds is 5. The third kappa shape index (κ3) is 4.38. The maximum atomic E-state index is 10.2. The molecule has 0 spiro atoms. The molecule has 2 aromatic rings. The highest BCUT2D eigenvalue weighted by atomic mass is 16.3. The minimum Gasteiger partial charge on any atom is -0.508 e. The van der Waals surface area contributed by atoms with Crippen LogP contribution in [0.3, 0.4) is 0 Å². The zero-order chi connectivity index (χ0) is 15.9. The lowest BCUT2D eigenvalue weighted by Gasteiger charge is -2.25. The van der Waals surface area contributed by atoms with Gasteiger partial charge in [-0.25, -0.2) is 0 Å². The average Bonchev–Trinajstić information content (AvgIpc) is 2.59. The summed E-state index contributed by atoms with van der Waals surface area (Å²) in [7, 11) is 0. The monoisotopic (exact) mass is 307 g/mol. The summed E-state index contributed by atoms with van der Waals surface area (Å²) in [5.41, 5.74) is 3.25. The van der Waals surface area contributed by atoms with Crippen LogP contribution >= 0.6 is 0 Å². The molecule has 2 heteroatoms. The van der Waals surface area contributed by atoms with Gasteiger partial charge in [0.2, 0.25) is 0 Å². The van der Waals surface area contributed by atoms with Gasteiger partial charge >= 0.3 is 0 Å². The number of aromatic hydroxyl groups is 1. The summed E-state index contributed by atoms with van der Waals surface area (Å²) < 4.78 is 0. The van der Waals surface area contributed by atoms with Crippen LogP contribution in [-0.2, 0) is 6.42 Å². The molecule has 1 saturated carbocycles. The lowest BCUT2D eigenvalue weighted by molar-refractivity contribution is 0.459. The Bertz CT molecular complexity index is 642. The van der Waals surface area contributed by atoms with E-state index >= 15 is 0 Å². The molecule has 1 aliphatic rings. The molecule has 2 nitrogen and oxygen atoms in total. The minimum absolute atomic E-state index is 0.378. The van der Waals surface area contributed by atoms with Crippen molar-refractivity contribution in [1.29, 1.82) is 0 Å². The lowest BCUT2D eigenvalue weighted by atomic mass is 9.94. The summed E-state index contributed by atoms with van der Waals surface area (Å²) >= 11 is 0. The number of hydrogen-bond donors (Lipinski definition) is 2. The molecule has 2 N–H and O–H groups in total. The second-order valence-corrected chi connectivity index (χ2v) is 6.30. The lowest BCUT2D eigenvalue weighted by Crippen LogP contribution is -2.22. The van der Waals surface area contributed by atoms with Crippen molar-refractivity contribution >= 4 is 11.8 Å². The summed E-state index contributed by atoms with van der Waals surface area (Å²) in [5, 5.41) is 13.9. The first-order valence-electron chi connectivity index (χ1n) is 8.62. The molecule has 2 aromatic carbocycles. The molecule has 0 unspecified atom stereocenters. The Balaban J connectivity index is 1.71. The number of phenolic OH excluding ortho intramolecular Hbond substituents is 1. The Kier molecular flexibility index (Phi) is 5.36. The topological polar surface area (TPSA) is 32.3 Å². The molecule has 120 valence electrons. The van der Waals surface area contributed by atoms with E-state index in [9.17, 15) is 5.11 Å². The van der Waals surface area contributed by atoms with Gasteiger partial charge in [-0.2, -0.15) is 0 Å². The smallest absolute Gasteiger partial charge is 0.121 e. The summed E-state index contributed by atoms with van der Waals surface area (Å²) in [5.74, 6) is 0.378. The predicted molar refractivity (Wildman–Crippen MR) is 97.8 cm³/mol. The first-order chi connectivity index (χ1) is 11.3. The largest absolute Gasteiger partial charge is 0.508 e. The van der Waals surface area contributed by atoms with E-state index in [0.29, 0.717) is 11.8 Å².